The number of nitrogens with zero attached hydrogens (tertiary/aromatic N) is 2. The normalized spacial score (nSPS) is 16.2. The maximum absolute atomic E-state index is 12.9. The molecule has 30 heavy (non-hydrogen) atoms. The minimum atomic E-state index is -0.545. The third kappa shape index (κ3) is 3.34. The highest BCUT2D eigenvalue weighted by atomic mass is 16.5. The SMILES string of the molecule is CCOC(=O)[C@H](C)n1cc(/C=C2/C(=O)NN(c3ccccc3)C2=O)c2ccccc21. The highest BCUT2D eigenvalue weighted by Gasteiger charge is 2.34. The number of rotatable bonds is 5. The van der Waals surface area contributed by atoms with Crippen LogP contribution < -0.4 is 10.4 Å². The number of nitrogens with one attached hydrogen (secondary N) is 1. The van der Waals surface area contributed by atoms with Crippen LogP contribution in [-0.4, -0.2) is 29.0 Å². The predicted molar refractivity (Wildman–Crippen MR) is 113 cm³/mol. The van der Waals surface area contributed by atoms with Crippen LogP contribution in [0.1, 0.15) is 25.5 Å². The van der Waals surface area contributed by atoms with Crippen LogP contribution in [0, 0.1) is 0 Å². The Bertz CT molecular complexity index is 1160. The highest BCUT2D eigenvalue weighted by Crippen LogP contribution is 2.29. The van der Waals surface area contributed by atoms with Crippen LogP contribution in [0.3, 0.4) is 0 Å². The third-order valence-corrected chi connectivity index (χ3v) is 5.02. The highest BCUT2D eigenvalue weighted by molar-refractivity contribution is 6.32. The number of carbonyl (C=O) groups excluding carboxylic acids is 3. The molecular weight excluding hydrogens is 382 g/mol. The molecule has 1 saturated heterocycles. The maximum atomic E-state index is 12.9. The standard InChI is InChI=1S/C23H21N3O4/c1-3-30-23(29)15(2)25-14-16(18-11-7-8-12-20(18)25)13-19-21(27)24-26(22(19)28)17-9-5-4-6-10-17/h4-15H,3H2,1-2H3,(H,24,27)/b19-13-/t15-/m0/s1. The Balaban J connectivity index is 1.75. The van der Waals surface area contributed by atoms with Crippen molar-refractivity contribution in [3.63, 3.8) is 0 Å². The van der Waals surface area contributed by atoms with E-state index in [9.17, 15) is 14.4 Å². The predicted octanol–water partition coefficient (Wildman–Crippen LogP) is 3.23. The van der Waals surface area contributed by atoms with Gasteiger partial charge in [-0.2, -0.15) is 0 Å². The molecule has 1 aliphatic rings. The molecular formula is C23H21N3O4. The average molecular weight is 403 g/mol. The van der Waals surface area contributed by atoms with Crippen molar-refractivity contribution in [1.29, 1.82) is 0 Å². The Kier molecular flexibility index (Phi) is 5.10. The van der Waals surface area contributed by atoms with E-state index in [-0.39, 0.29) is 11.5 Å². The molecule has 1 N–H and O–H groups in total. The van der Waals surface area contributed by atoms with E-state index in [2.05, 4.69) is 5.43 Å². The lowest BCUT2D eigenvalue weighted by molar-refractivity contribution is -0.146. The first kappa shape index (κ1) is 19.4. The molecule has 1 atom stereocenters. The number of anilines is 1. The van der Waals surface area contributed by atoms with Crippen LogP contribution in [-0.2, 0) is 19.1 Å². The largest absolute Gasteiger partial charge is 0.464 e. The average Bonchev–Trinajstić information content (AvgIpc) is 3.27. The molecule has 2 heterocycles. The van der Waals surface area contributed by atoms with E-state index < -0.39 is 17.9 Å². The molecule has 4 rings (SSSR count). The van der Waals surface area contributed by atoms with Gasteiger partial charge in [-0.3, -0.25) is 15.0 Å². The first-order valence-corrected chi connectivity index (χ1v) is 9.69. The van der Waals surface area contributed by atoms with Gasteiger partial charge in [-0.1, -0.05) is 36.4 Å². The van der Waals surface area contributed by atoms with Gasteiger partial charge in [0.15, 0.2) is 0 Å². The van der Waals surface area contributed by atoms with Crippen molar-refractivity contribution in [1.82, 2.24) is 9.99 Å². The smallest absolute Gasteiger partial charge is 0.328 e. The summed E-state index contributed by atoms with van der Waals surface area (Å²) in [4.78, 5) is 37.7. The van der Waals surface area contributed by atoms with Crippen molar-refractivity contribution in [2.45, 2.75) is 19.9 Å². The Labute approximate surface area is 173 Å². The van der Waals surface area contributed by atoms with Crippen molar-refractivity contribution in [2.24, 2.45) is 0 Å². The van der Waals surface area contributed by atoms with Crippen molar-refractivity contribution >= 4 is 40.4 Å². The molecule has 0 aliphatic carbocycles. The number of fused-ring (bicyclic) bond motifs is 1. The van der Waals surface area contributed by atoms with Gasteiger partial charge in [0.2, 0.25) is 0 Å². The van der Waals surface area contributed by atoms with Gasteiger partial charge in [0, 0.05) is 22.7 Å². The molecule has 3 aromatic rings. The number of hydrogen-bond donors (Lipinski definition) is 1. The second kappa shape index (κ2) is 7.87. The molecule has 2 amide bonds. The second-order valence-electron chi connectivity index (χ2n) is 6.91. The molecule has 7 nitrogen and oxygen atoms in total. The topological polar surface area (TPSA) is 80.6 Å². The summed E-state index contributed by atoms with van der Waals surface area (Å²) in [5, 5.41) is 2.06. The first-order chi connectivity index (χ1) is 14.5. The molecule has 1 aliphatic heterocycles. The van der Waals surface area contributed by atoms with E-state index in [0.717, 1.165) is 10.9 Å². The molecule has 0 unspecified atom stereocenters. The van der Waals surface area contributed by atoms with Gasteiger partial charge in [-0.05, 0) is 38.1 Å². The van der Waals surface area contributed by atoms with E-state index in [1.807, 2.05) is 30.3 Å². The van der Waals surface area contributed by atoms with Gasteiger partial charge in [-0.25, -0.2) is 9.80 Å². The number of hydrazine groups is 1. The van der Waals surface area contributed by atoms with Gasteiger partial charge < -0.3 is 9.30 Å². The molecule has 0 spiro atoms. The molecule has 0 bridgehead atoms. The molecule has 1 fully saturated rings. The zero-order chi connectivity index (χ0) is 21.3. The quantitative estimate of drug-likeness (QED) is 0.403. The summed E-state index contributed by atoms with van der Waals surface area (Å²) >= 11 is 0. The molecule has 1 aromatic heterocycles. The van der Waals surface area contributed by atoms with Crippen LogP contribution in [0.25, 0.3) is 17.0 Å². The Morgan fingerprint density at radius 2 is 1.80 bits per heavy atom. The van der Waals surface area contributed by atoms with Gasteiger partial charge >= 0.3 is 5.97 Å². The summed E-state index contributed by atoms with van der Waals surface area (Å²) in [6.45, 7) is 3.81. The van der Waals surface area contributed by atoms with Crippen LogP contribution in [0.5, 0.6) is 0 Å². The van der Waals surface area contributed by atoms with E-state index in [1.54, 1.807) is 55.0 Å². The van der Waals surface area contributed by atoms with Crippen molar-refractivity contribution < 1.29 is 19.1 Å². The fraction of sp³-hybridized carbons (Fsp3) is 0.174. The summed E-state index contributed by atoms with van der Waals surface area (Å²) in [5.74, 6) is -1.25. The van der Waals surface area contributed by atoms with Crippen LogP contribution in [0.15, 0.2) is 66.4 Å². The van der Waals surface area contributed by atoms with Crippen molar-refractivity contribution in [2.75, 3.05) is 11.6 Å². The number of ether oxygens (including phenoxy) is 1. The van der Waals surface area contributed by atoms with Crippen LogP contribution in [0.2, 0.25) is 0 Å². The summed E-state index contributed by atoms with van der Waals surface area (Å²) in [6.07, 6.45) is 3.34. The molecule has 0 radical (unpaired) electrons. The lowest BCUT2D eigenvalue weighted by Gasteiger charge is -2.13. The summed E-state index contributed by atoms with van der Waals surface area (Å²) in [7, 11) is 0. The van der Waals surface area contributed by atoms with E-state index >= 15 is 0 Å². The van der Waals surface area contributed by atoms with Crippen molar-refractivity contribution in [3.05, 3.63) is 71.9 Å². The second-order valence-corrected chi connectivity index (χ2v) is 6.91. The lowest BCUT2D eigenvalue weighted by Crippen LogP contribution is -2.35. The fourth-order valence-corrected chi connectivity index (χ4v) is 3.52. The molecule has 2 aromatic carbocycles. The van der Waals surface area contributed by atoms with Crippen LogP contribution >= 0.6 is 0 Å². The zero-order valence-corrected chi connectivity index (χ0v) is 16.7. The summed E-state index contributed by atoms with van der Waals surface area (Å²) in [6, 6.07) is 15.9. The lowest BCUT2D eigenvalue weighted by atomic mass is 10.1. The third-order valence-electron chi connectivity index (χ3n) is 5.02. The minimum absolute atomic E-state index is 0.0329. The number of carbonyl (C=O) groups is 3. The monoisotopic (exact) mass is 403 g/mol. The van der Waals surface area contributed by atoms with Gasteiger partial charge in [0.25, 0.3) is 11.8 Å². The number of amides is 2. The number of esters is 1. The molecule has 152 valence electrons. The number of para-hydroxylation sites is 2. The van der Waals surface area contributed by atoms with Gasteiger partial charge in [0.05, 0.1) is 12.3 Å². The number of hydrogen-bond acceptors (Lipinski definition) is 4. The minimum Gasteiger partial charge on any atom is -0.464 e. The van der Waals surface area contributed by atoms with Crippen molar-refractivity contribution in [3.8, 4) is 0 Å². The Hall–Kier alpha value is -3.87. The van der Waals surface area contributed by atoms with Gasteiger partial charge in [0.1, 0.15) is 11.6 Å². The fourth-order valence-electron chi connectivity index (χ4n) is 3.52. The summed E-state index contributed by atoms with van der Waals surface area (Å²) < 4.78 is 6.94. The van der Waals surface area contributed by atoms with Gasteiger partial charge in [-0.15, -0.1) is 0 Å². The van der Waals surface area contributed by atoms with E-state index in [4.69, 9.17) is 4.74 Å². The summed E-state index contributed by atoms with van der Waals surface area (Å²) in [5.41, 5.74) is 4.70. The number of aromatic nitrogens is 1. The first-order valence-electron chi connectivity index (χ1n) is 9.69. The van der Waals surface area contributed by atoms with E-state index in [0.29, 0.717) is 17.9 Å². The molecule has 0 saturated carbocycles. The maximum Gasteiger partial charge on any atom is 0.328 e. The van der Waals surface area contributed by atoms with E-state index in [1.165, 1.54) is 5.01 Å². The zero-order valence-electron chi connectivity index (χ0n) is 16.7. The number of benzene rings is 2. The molecule has 7 heteroatoms. The Morgan fingerprint density at radius 1 is 1.10 bits per heavy atom. The van der Waals surface area contributed by atoms with Crippen LogP contribution in [0.4, 0.5) is 5.69 Å². The Morgan fingerprint density at radius 3 is 2.53 bits per heavy atom.